The predicted octanol–water partition coefficient (Wildman–Crippen LogP) is -4.60. The summed E-state index contributed by atoms with van der Waals surface area (Å²) in [5, 5.41) is 17.7. The van der Waals surface area contributed by atoms with Crippen LogP contribution in [-0.2, 0) is 4.74 Å². The van der Waals surface area contributed by atoms with Crippen LogP contribution in [0, 0.1) is 0 Å². The molecule has 0 spiro atoms. The van der Waals surface area contributed by atoms with Crippen molar-refractivity contribution in [1.82, 2.24) is 4.98 Å². The Kier molecular flexibility index (Phi) is 15.9. The largest absolute Gasteiger partial charge is 1.00 e. The molecule has 1 aromatic heterocycles. The second kappa shape index (κ2) is 14.1. The number of aromatic nitrogens is 1. The average Bonchev–Trinajstić information content (AvgIpc) is 2.45. The zero-order valence-corrected chi connectivity index (χ0v) is 21.0. The first-order valence-corrected chi connectivity index (χ1v) is 6.48. The fourth-order valence-corrected chi connectivity index (χ4v) is 2.06. The van der Waals surface area contributed by atoms with Crippen LogP contribution in [0.4, 0.5) is 4.79 Å². The Balaban J connectivity index is 0. The van der Waals surface area contributed by atoms with Gasteiger partial charge in [0, 0.05) is 21.8 Å². The number of carbonyl (C=O) groups excluding carboxylic acids is 2. The quantitative estimate of drug-likeness (QED) is 0.358. The first-order valence-electron chi connectivity index (χ1n) is 5.72. The number of carboxylic acid groups (broad SMARTS) is 2. The smallest absolute Gasteiger partial charge is 0.652 e. The van der Waals surface area contributed by atoms with E-state index in [1.54, 1.807) is 30.3 Å². The average molecular weight is 420 g/mol. The number of esters is 1. The van der Waals surface area contributed by atoms with E-state index in [9.17, 15) is 4.79 Å². The molecule has 0 aliphatic carbocycles. The fourth-order valence-electron chi connectivity index (χ4n) is 1.53. The van der Waals surface area contributed by atoms with Gasteiger partial charge in [0.25, 0.3) is 0 Å². The first kappa shape index (κ1) is 27.2. The van der Waals surface area contributed by atoms with E-state index < -0.39 is 12.1 Å². The minimum absolute atomic E-state index is 0. The fraction of sp³-hybridized carbons (Fsp3) is 0.0714. The maximum absolute atomic E-state index is 11.4. The Morgan fingerprint density at radius 3 is 2.00 bits per heavy atom. The number of methoxy groups -OCH3 is 1. The molecule has 0 radical (unpaired) electrons. The Morgan fingerprint density at radius 2 is 1.54 bits per heavy atom. The predicted molar refractivity (Wildman–Crippen MR) is 76.4 cm³/mol. The van der Waals surface area contributed by atoms with Gasteiger partial charge in [-0.2, -0.15) is 0 Å². The van der Waals surface area contributed by atoms with Crippen molar-refractivity contribution in [2.75, 3.05) is 7.11 Å². The van der Waals surface area contributed by atoms with Crippen molar-refractivity contribution in [1.29, 1.82) is 0 Å². The molecule has 0 N–H and O–H groups in total. The van der Waals surface area contributed by atoms with E-state index in [0.29, 0.717) is 21.3 Å². The molecule has 0 saturated heterocycles. The van der Waals surface area contributed by atoms with Crippen molar-refractivity contribution in [3.05, 3.63) is 52.1 Å². The Labute approximate surface area is 233 Å². The topological polar surface area (TPSA) is 102 Å². The summed E-state index contributed by atoms with van der Waals surface area (Å²) >= 11 is 11.9. The number of carbonyl (C=O) groups is 2. The molecular weight excluding hydrogens is 411 g/mol. The van der Waals surface area contributed by atoms with Crippen molar-refractivity contribution in [2.45, 2.75) is 0 Å². The number of hydrogen-bond acceptors (Lipinski definition) is 6. The third kappa shape index (κ3) is 10.2. The number of nitrogens with zero attached hydrogens (tertiary/aromatic N) is 1. The van der Waals surface area contributed by atoms with E-state index in [1.165, 1.54) is 13.3 Å². The van der Waals surface area contributed by atoms with Gasteiger partial charge in [0.2, 0.25) is 0 Å². The van der Waals surface area contributed by atoms with Gasteiger partial charge in [-0.3, -0.25) is 4.98 Å². The summed E-state index contributed by atoms with van der Waals surface area (Å²) in [4.78, 5) is 23.9. The molecule has 2 aromatic rings. The number of rotatable bonds is 2. The van der Waals surface area contributed by atoms with Gasteiger partial charge in [-0.15, -0.1) is 0 Å². The number of ether oxygens (including phenoxy) is 1. The SMILES string of the molecule is COC(=O)c1ccnc(-c2cc(Cl)cc(Cl)c2)c1.O=C([O-])[O-].[K+].[K+]. The number of pyridine rings is 1. The molecule has 0 unspecified atom stereocenters. The van der Waals surface area contributed by atoms with Crippen molar-refractivity contribution in [3.8, 4) is 11.3 Å². The van der Waals surface area contributed by atoms with Crippen LogP contribution in [0.5, 0.6) is 0 Å². The van der Waals surface area contributed by atoms with Crippen molar-refractivity contribution < 1.29 is 127 Å². The van der Waals surface area contributed by atoms with Crippen LogP contribution < -0.4 is 113 Å². The molecule has 116 valence electrons. The monoisotopic (exact) mass is 419 g/mol. The van der Waals surface area contributed by atoms with Gasteiger partial charge in [0.15, 0.2) is 0 Å². The molecule has 24 heavy (non-hydrogen) atoms. The molecule has 1 aromatic carbocycles. The van der Waals surface area contributed by atoms with E-state index in [2.05, 4.69) is 9.72 Å². The molecule has 2 rings (SSSR count). The second-order valence-electron chi connectivity index (χ2n) is 3.83. The zero-order valence-electron chi connectivity index (χ0n) is 13.2. The second-order valence-corrected chi connectivity index (χ2v) is 4.70. The van der Waals surface area contributed by atoms with Crippen LogP contribution in [-0.4, -0.2) is 24.2 Å². The van der Waals surface area contributed by atoms with Crippen LogP contribution in [0.25, 0.3) is 11.3 Å². The zero-order chi connectivity index (χ0) is 16.7. The number of benzene rings is 1. The molecule has 0 saturated carbocycles. The first-order chi connectivity index (χ1) is 10.3. The molecule has 10 heteroatoms. The van der Waals surface area contributed by atoms with Crippen molar-refractivity contribution >= 4 is 35.3 Å². The van der Waals surface area contributed by atoms with E-state index in [0.717, 1.165) is 5.56 Å². The van der Waals surface area contributed by atoms with E-state index in [1.807, 2.05) is 0 Å². The summed E-state index contributed by atoms with van der Waals surface area (Å²) in [5.74, 6) is -0.410. The summed E-state index contributed by atoms with van der Waals surface area (Å²) in [6, 6.07) is 8.32. The van der Waals surface area contributed by atoms with Gasteiger partial charge in [0.1, 0.15) is 0 Å². The van der Waals surface area contributed by atoms with Gasteiger partial charge in [-0.05, 0) is 36.5 Å². The van der Waals surface area contributed by atoms with Crippen LogP contribution in [0.3, 0.4) is 0 Å². The molecule has 0 amide bonds. The van der Waals surface area contributed by atoms with Gasteiger partial charge >= 0.3 is 109 Å². The minimum atomic E-state index is -2.33. The van der Waals surface area contributed by atoms with Gasteiger partial charge in [0.05, 0.1) is 18.4 Å². The molecule has 0 bridgehead atoms. The summed E-state index contributed by atoms with van der Waals surface area (Å²) in [5.41, 5.74) is 1.79. The molecule has 0 aliphatic heterocycles. The van der Waals surface area contributed by atoms with E-state index in [4.69, 9.17) is 38.2 Å². The Hall–Kier alpha value is 0.963. The Morgan fingerprint density at radius 1 is 1.04 bits per heavy atom. The summed E-state index contributed by atoms with van der Waals surface area (Å²) in [7, 11) is 1.33. The van der Waals surface area contributed by atoms with Gasteiger partial charge in [-0.25, -0.2) is 4.79 Å². The molecule has 0 aliphatic rings. The maximum atomic E-state index is 11.4. The standard InChI is InChI=1S/C13H9Cl2NO2.CH2O3.2K/c1-18-13(17)8-2-3-16-12(6-8)9-4-10(14)7-11(15)5-9;2-1(3)4;;/h2-7H,1H3;(H2,2,3,4);;/q;;2*+1/p-2. The molecule has 0 fully saturated rings. The number of hydrogen-bond donors (Lipinski definition) is 0. The van der Waals surface area contributed by atoms with Crippen LogP contribution in [0.15, 0.2) is 36.5 Å². The van der Waals surface area contributed by atoms with E-state index >= 15 is 0 Å². The maximum Gasteiger partial charge on any atom is 1.00 e. The third-order valence-corrected chi connectivity index (χ3v) is 2.78. The summed E-state index contributed by atoms with van der Waals surface area (Å²) < 4.78 is 4.66. The minimum Gasteiger partial charge on any atom is -0.652 e. The third-order valence-electron chi connectivity index (χ3n) is 2.34. The van der Waals surface area contributed by atoms with Crippen LogP contribution >= 0.6 is 23.2 Å². The summed E-state index contributed by atoms with van der Waals surface area (Å²) in [6.07, 6.45) is -0.795. The summed E-state index contributed by atoms with van der Waals surface area (Å²) in [6.45, 7) is 0. The number of halogens is 2. The Bertz CT molecular complexity index is 676. The van der Waals surface area contributed by atoms with Crippen molar-refractivity contribution in [3.63, 3.8) is 0 Å². The normalized spacial score (nSPS) is 8.62. The van der Waals surface area contributed by atoms with E-state index in [-0.39, 0.29) is 103 Å². The molecule has 1 heterocycles. The van der Waals surface area contributed by atoms with Gasteiger partial charge < -0.3 is 19.7 Å². The van der Waals surface area contributed by atoms with Crippen molar-refractivity contribution in [2.24, 2.45) is 0 Å². The molecule has 0 atom stereocenters. The molecular formula is C14H9Cl2K2NO5. The van der Waals surface area contributed by atoms with Crippen LogP contribution in [0.1, 0.15) is 10.4 Å². The molecule has 6 nitrogen and oxygen atoms in total. The van der Waals surface area contributed by atoms with Crippen LogP contribution in [0.2, 0.25) is 10.0 Å². The van der Waals surface area contributed by atoms with Gasteiger partial charge in [-0.1, -0.05) is 23.2 Å².